The van der Waals surface area contributed by atoms with E-state index >= 15 is 0 Å². The van der Waals surface area contributed by atoms with Gasteiger partial charge in [-0.1, -0.05) is 23.8 Å². The van der Waals surface area contributed by atoms with Gasteiger partial charge in [0.05, 0.1) is 0 Å². The van der Waals surface area contributed by atoms with E-state index in [0.29, 0.717) is 0 Å². The molecular weight excluding hydrogens is 322 g/mol. The molecule has 0 N–H and O–H groups in total. The van der Waals surface area contributed by atoms with Crippen LogP contribution in [0.4, 0.5) is 0 Å². The first-order valence-corrected chi connectivity index (χ1v) is 9.70. The second kappa shape index (κ2) is 7.82. The molecule has 5 nitrogen and oxygen atoms in total. The number of aromatic nitrogens is 2. The molecule has 2 aliphatic heterocycles. The highest BCUT2D eigenvalue weighted by atomic mass is 15.3. The summed E-state index contributed by atoms with van der Waals surface area (Å²) < 4.78 is 0. The summed E-state index contributed by atoms with van der Waals surface area (Å²) in [5.74, 6) is 0.814. The van der Waals surface area contributed by atoms with Gasteiger partial charge in [0, 0.05) is 75.4 Å². The second-order valence-corrected chi connectivity index (χ2v) is 7.80. The van der Waals surface area contributed by atoms with E-state index in [1.165, 1.54) is 56.8 Å². The van der Waals surface area contributed by atoms with E-state index in [0.717, 1.165) is 24.0 Å². The third-order valence-corrected chi connectivity index (χ3v) is 5.69. The number of nitrogens with zero attached hydrogens (tertiary/aromatic N) is 5. The van der Waals surface area contributed by atoms with Crippen LogP contribution in [-0.2, 0) is 6.54 Å². The van der Waals surface area contributed by atoms with Crippen molar-refractivity contribution in [2.75, 3.05) is 46.3 Å². The zero-order chi connectivity index (χ0) is 17.9. The fourth-order valence-corrected chi connectivity index (χ4v) is 4.07. The Labute approximate surface area is 156 Å². The van der Waals surface area contributed by atoms with Gasteiger partial charge in [0.15, 0.2) is 5.82 Å². The molecule has 0 bridgehead atoms. The second-order valence-electron chi connectivity index (χ2n) is 7.80. The van der Waals surface area contributed by atoms with Crippen molar-refractivity contribution in [3.63, 3.8) is 0 Å². The Hall–Kier alpha value is -1.82. The molecule has 26 heavy (non-hydrogen) atoms. The van der Waals surface area contributed by atoms with Crippen molar-refractivity contribution < 1.29 is 0 Å². The molecule has 1 atom stereocenters. The number of likely N-dealkylation sites (N-methyl/N-ethyl adjacent to an activating group) is 1. The maximum atomic E-state index is 4.60. The average Bonchev–Trinajstić information content (AvgIpc) is 3.11. The number of piperazine rings is 1. The van der Waals surface area contributed by atoms with E-state index in [4.69, 9.17) is 0 Å². The zero-order valence-corrected chi connectivity index (χ0v) is 15.9. The standard InChI is InChI=1S/C21H29N5/c1-17-4-3-5-19(12-17)21-22-13-18(14-23-21)15-25-7-6-20(16-25)26-10-8-24(2)9-11-26/h3-5,12-14,20H,6-11,15-16H2,1-2H3/t20-/m1/s1. The van der Waals surface area contributed by atoms with Crippen molar-refractivity contribution >= 4 is 0 Å². The highest BCUT2D eigenvalue weighted by Crippen LogP contribution is 2.20. The minimum atomic E-state index is 0.719. The van der Waals surface area contributed by atoms with E-state index < -0.39 is 0 Å². The van der Waals surface area contributed by atoms with Crippen LogP contribution in [0.3, 0.4) is 0 Å². The first kappa shape index (κ1) is 17.6. The van der Waals surface area contributed by atoms with Crippen LogP contribution in [-0.4, -0.2) is 77.0 Å². The van der Waals surface area contributed by atoms with Crippen LogP contribution in [0.2, 0.25) is 0 Å². The highest BCUT2D eigenvalue weighted by Gasteiger charge is 2.29. The number of aryl methyl sites for hydroxylation is 1. The first-order chi connectivity index (χ1) is 12.7. The SMILES string of the molecule is Cc1cccc(-c2ncc(CN3CC[C@@H](N4CCN(C)CC4)C3)cn2)c1. The molecule has 0 aliphatic carbocycles. The third-order valence-electron chi connectivity index (χ3n) is 5.69. The Kier molecular flexibility index (Phi) is 5.29. The Morgan fingerprint density at radius 3 is 2.54 bits per heavy atom. The smallest absolute Gasteiger partial charge is 0.159 e. The maximum Gasteiger partial charge on any atom is 0.159 e. The van der Waals surface area contributed by atoms with Crippen LogP contribution in [0.5, 0.6) is 0 Å². The molecule has 0 amide bonds. The minimum absolute atomic E-state index is 0.719. The summed E-state index contributed by atoms with van der Waals surface area (Å²) in [4.78, 5) is 16.8. The molecule has 2 fully saturated rings. The van der Waals surface area contributed by atoms with Crippen LogP contribution in [0, 0.1) is 6.92 Å². The summed E-state index contributed by atoms with van der Waals surface area (Å²) in [6.45, 7) is 10.2. The molecule has 0 unspecified atom stereocenters. The van der Waals surface area contributed by atoms with Crippen LogP contribution in [0.15, 0.2) is 36.7 Å². The van der Waals surface area contributed by atoms with Crippen molar-refractivity contribution in [3.8, 4) is 11.4 Å². The molecule has 3 heterocycles. The molecule has 0 saturated carbocycles. The van der Waals surface area contributed by atoms with Crippen LogP contribution >= 0.6 is 0 Å². The van der Waals surface area contributed by atoms with Crippen molar-refractivity contribution in [2.24, 2.45) is 0 Å². The van der Waals surface area contributed by atoms with Crippen molar-refractivity contribution in [1.29, 1.82) is 0 Å². The average molecular weight is 351 g/mol. The lowest BCUT2D eigenvalue weighted by Crippen LogP contribution is -2.49. The lowest BCUT2D eigenvalue weighted by Gasteiger charge is -2.36. The predicted octanol–water partition coefficient (Wildman–Crippen LogP) is 2.27. The maximum absolute atomic E-state index is 4.60. The van der Waals surface area contributed by atoms with Crippen molar-refractivity contribution in [1.82, 2.24) is 24.7 Å². The molecular formula is C21H29N5. The molecule has 1 aromatic carbocycles. The van der Waals surface area contributed by atoms with Crippen molar-refractivity contribution in [2.45, 2.75) is 25.9 Å². The quantitative estimate of drug-likeness (QED) is 0.844. The largest absolute Gasteiger partial charge is 0.304 e. The molecule has 0 spiro atoms. The van der Waals surface area contributed by atoms with Crippen molar-refractivity contribution in [3.05, 3.63) is 47.8 Å². The lowest BCUT2D eigenvalue weighted by atomic mass is 10.1. The van der Waals surface area contributed by atoms with Gasteiger partial charge in [-0.15, -0.1) is 0 Å². The first-order valence-electron chi connectivity index (χ1n) is 9.70. The molecule has 2 saturated heterocycles. The number of hydrogen-bond donors (Lipinski definition) is 0. The van der Waals surface area contributed by atoms with Crippen LogP contribution in [0.25, 0.3) is 11.4 Å². The van der Waals surface area contributed by atoms with Gasteiger partial charge in [-0.05, 0) is 26.5 Å². The van der Waals surface area contributed by atoms with E-state index in [9.17, 15) is 0 Å². The molecule has 0 radical (unpaired) electrons. The normalized spacial score (nSPS) is 22.8. The molecule has 5 heteroatoms. The van der Waals surface area contributed by atoms with Gasteiger partial charge in [-0.2, -0.15) is 0 Å². The fourth-order valence-electron chi connectivity index (χ4n) is 4.07. The Morgan fingerprint density at radius 2 is 1.81 bits per heavy atom. The molecule has 1 aromatic heterocycles. The fraction of sp³-hybridized carbons (Fsp3) is 0.524. The van der Waals surface area contributed by atoms with E-state index in [2.05, 4.69) is 62.9 Å². The number of rotatable bonds is 4. The van der Waals surface area contributed by atoms with Gasteiger partial charge < -0.3 is 4.90 Å². The monoisotopic (exact) mass is 351 g/mol. The number of likely N-dealkylation sites (tertiary alicyclic amines) is 1. The molecule has 4 rings (SSSR count). The van der Waals surface area contributed by atoms with Gasteiger partial charge in [0.2, 0.25) is 0 Å². The van der Waals surface area contributed by atoms with E-state index in [1.54, 1.807) is 0 Å². The predicted molar refractivity (Wildman–Crippen MR) is 105 cm³/mol. The molecule has 2 aromatic rings. The number of hydrogen-bond acceptors (Lipinski definition) is 5. The van der Waals surface area contributed by atoms with E-state index in [-0.39, 0.29) is 0 Å². The number of benzene rings is 1. The Bertz CT molecular complexity index is 721. The summed E-state index contributed by atoms with van der Waals surface area (Å²) >= 11 is 0. The van der Waals surface area contributed by atoms with E-state index in [1.807, 2.05) is 12.4 Å². The summed E-state index contributed by atoms with van der Waals surface area (Å²) in [6.07, 6.45) is 5.27. The summed E-state index contributed by atoms with van der Waals surface area (Å²) in [6, 6.07) is 9.09. The molecule has 138 valence electrons. The molecule has 2 aliphatic rings. The van der Waals surface area contributed by atoms with Gasteiger partial charge >= 0.3 is 0 Å². The summed E-state index contributed by atoms with van der Waals surface area (Å²) in [7, 11) is 2.22. The lowest BCUT2D eigenvalue weighted by molar-refractivity contribution is 0.112. The van der Waals surface area contributed by atoms with Gasteiger partial charge in [-0.25, -0.2) is 9.97 Å². The Balaban J connectivity index is 1.33. The summed E-state index contributed by atoms with van der Waals surface area (Å²) in [5, 5.41) is 0. The van der Waals surface area contributed by atoms with Gasteiger partial charge in [-0.3, -0.25) is 9.80 Å². The van der Waals surface area contributed by atoms with Gasteiger partial charge in [0.25, 0.3) is 0 Å². The summed E-state index contributed by atoms with van der Waals surface area (Å²) in [5.41, 5.74) is 3.54. The van der Waals surface area contributed by atoms with Crippen LogP contribution < -0.4 is 0 Å². The Morgan fingerprint density at radius 1 is 1.04 bits per heavy atom. The topological polar surface area (TPSA) is 35.5 Å². The highest BCUT2D eigenvalue weighted by molar-refractivity contribution is 5.55. The third kappa shape index (κ3) is 4.11. The zero-order valence-electron chi connectivity index (χ0n) is 15.9. The minimum Gasteiger partial charge on any atom is -0.304 e. The van der Waals surface area contributed by atoms with Gasteiger partial charge in [0.1, 0.15) is 0 Å². The van der Waals surface area contributed by atoms with Crippen LogP contribution in [0.1, 0.15) is 17.5 Å².